The summed E-state index contributed by atoms with van der Waals surface area (Å²) in [6, 6.07) is 0. The van der Waals surface area contributed by atoms with Crippen LogP contribution in [-0.4, -0.2) is 35.1 Å². The molecule has 3 heterocycles. The van der Waals surface area contributed by atoms with Crippen molar-refractivity contribution in [1.29, 1.82) is 0 Å². The van der Waals surface area contributed by atoms with Crippen LogP contribution >= 0.6 is 22.7 Å². The van der Waals surface area contributed by atoms with E-state index in [0.717, 1.165) is 15.8 Å². The number of methoxy groups -OCH3 is 2. The summed E-state index contributed by atoms with van der Waals surface area (Å²) in [5.41, 5.74) is 0.793. The van der Waals surface area contributed by atoms with Crippen LogP contribution < -0.4 is 10.1 Å². The van der Waals surface area contributed by atoms with Crippen molar-refractivity contribution in [1.82, 2.24) is 15.0 Å². The number of carbonyl (C=O) groups is 1. The number of rotatable bonds is 5. The number of hydrogen-bond donors (Lipinski definition) is 1. The second-order valence-corrected chi connectivity index (χ2v) is 7.28. The molecule has 0 aromatic carbocycles. The highest BCUT2D eigenvalue weighted by Gasteiger charge is 2.21. The van der Waals surface area contributed by atoms with Gasteiger partial charge in [0.25, 0.3) is 5.91 Å². The molecular formula is C15H16N4O3S2. The third-order valence-electron chi connectivity index (χ3n) is 3.32. The Hall–Kier alpha value is -2.10. The lowest BCUT2D eigenvalue weighted by molar-refractivity contribution is 0.103. The number of nitrogens with one attached hydrogen (secondary N) is 1. The van der Waals surface area contributed by atoms with Crippen LogP contribution in [0.3, 0.4) is 0 Å². The molecule has 0 bridgehead atoms. The Morgan fingerprint density at radius 2 is 2.04 bits per heavy atom. The molecule has 24 heavy (non-hydrogen) atoms. The zero-order valence-corrected chi connectivity index (χ0v) is 15.3. The average Bonchev–Trinajstić information content (AvgIpc) is 3.10. The standard InChI is InChI=1S/C15H16N4O3S2/c1-7-5-16-15(23-7)19-12(20)11-8(2)10-13(22-4)17-9(6-21-3)18-14(10)24-11/h5H,6H2,1-4H3,(H,16,19,20). The summed E-state index contributed by atoms with van der Waals surface area (Å²) in [7, 11) is 3.13. The fourth-order valence-corrected chi connectivity index (χ4v) is 4.01. The first-order valence-electron chi connectivity index (χ1n) is 7.10. The largest absolute Gasteiger partial charge is 0.480 e. The monoisotopic (exact) mass is 364 g/mol. The molecule has 0 radical (unpaired) electrons. The predicted octanol–water partition coefficient (Wildman–Crippen LogP) is 3.17. The summed E-state index contributed by atoms with van der Waals surface area (Å²) in [5.74, 6) is 0.760. The Morgan fingerprint density at radius 3 is 2.67 bits per heavy atom. The fraction of sp³-hybridized carbons (Fsp3) is 0.333. The lowest BCUT2D eigenvalue weighted by atomic mass is 10.2. The highest BCUT2D eigenvalue weighted by atomic mass is 32.1. The maximum atomic E-state index is 12.6. The van der Waals surface area contributed by atoms with E-state index in [9.17, 15) is 4.79 Å². The lowest BCUT2D eigenvalue weighted by Crippen LogP contribution is -2.11. The van der Waals surface area contributed by atoms with Crippen LogP contribution in [0.2, 0.25) is 0 Å². The van der Waals surface area contributed by atoms with Gasteiger partial charge in [0.2, 0.25) is 5.88 Å². The Kier molecular flexibility index (Phi) is 4.74. The number of hydrogen-bond acceptors (Lipinski definition) is 8. The van der Waals surface area contributed by atoms with E-state index in [2.05, 4.69) is 20.3 Å². The van der Waals surface area contributed by atoms with Gasteiger partial charge in [0, 0.05) is 18.2 Å². The molecule has 3 aromatic heterocycles. The van der Waals surface area contributed by atoms with Gasteiger partial charge in [0.05, 0.1) is 17.4 Å². The van der Waals surface area contributed by atoms with Crippen LogP contribution in [0.1, 0.15) is 25.9 Å². The number of ether oxygens (including phenoxy) is 2. The highest BCUT2D eigenvalue weighted by molar-refractivity contribution is 7.21. The molecule has 3 aromatic rings. The van der Waals surface area contributed by atoms with Crippen molar-refractivity contribution >= 4 is 43.9 Å². The zero-order valence-electron chi connectivity index (χ0n) is 13.7. The minimum Gasteiger partial charge on any atom is -0.480 e. The van der Waals surface area contributed by atoms with E-state index < -0.39 is 0 Å². The average molecular weight is 364 g/mol. The van der Waals surface area contributed by atoms with Gasteiger partial charge in [-0.25, -0.2) is 9.97 Å². The molecule has 0 spiro atoms. The number of fused-ring (bicyclic) bond motifs is 1. The van der Waals surface area contributed by atoms with Gasteiger partial charge in [0.1, 0.15) is 11.4 Å². The van der Waals surface area contributed by atoms with Crippen molar-refractivity contribution in [2.75, 3.05) is 19.5 Å². The second kappa shape index (κ2) is 6.80. The van der Waals surface area contributed by atoms with E-state index in [1.807, 2.05) is 13.8 Å². The Morgan fingerprint density at radius 1 is 1.25 bits per heavy atom. The Labute approximate surface area is 146 Å². The quantitative estimate of drug-likeness (QED) is 0.748. The molecule has 0 aliphatic heterocycles. The molecule has 0 unspecified atom stereocenters. The van der Waals surface area contributed by atoms with Gasteiger partial charge in [-0.05, 0) is 19.4 Å². The first-order chi connectivity index (χ1) is 11.5. The van der Waals surface area contributed by atoms with Gasteiger partial charge in [-0.2, -0.15) is 4.98 Å². The molecule has 126 valence electrons. The molecule has 0 atom stereocenters. The first-order valence-corrected chi connectivity index (χ1v) is 8.73. The topological polar surface area (TPSA) is 86.2 Å². The van der Waals surface area contributed by atoms with Crippen molar-refractivity contribution < 1.29 is 14.3 Å². The number of nitrogens with zero attached hydrogens (tertiary/aromatic N) is 3. The molecule has 1 amide bonds. The van der Waals surface area contributed by atoms with Gasteiger partial charge in [-0.3, -0.25) is 10.1 Å². The zero-order chi connectivity index (χ0) is 17.3. The van der Waals surface area contributed by atoms with Crippen molar-refractivity contribution in [2.24, 2.45) is 0 Å². The summed E-state index contributed by atoms with van der Waals surface area (Å²) in [6.07, 6.45) is 1.73. The number of aromatic nitrogens is 3. The van der Waals surface area contributed by atoms with Crippen LogP contribution in [0.4, 0.5) is 5.13 Å². The van der Waals surface area contributed by atoms with E-state index in [0.29, 0.717) is 26.5 Å². The number of amides is 1. The van der Waals surface area contributed by atoms with E-state index in [1.165, 1.54) is 22.7 Å². The predicted molar refractivity (Wildman–Crippen MR) is 94.2 cm³/mol. The smallest absolute Gasteiger partial charge is 0.267 e. The van der Waals surface area contributed by atoms with Gasteiger partial charge in [-0.1, -0.05) is 0 Å². The van der Waals surface area contributed by atoms with Crippen LogP contribution in [0.15, 0.2) is 6.20 Å². The number of carbonyl (C=O) groups excluding carboxylic acids is 1. The van der Waals surface area contributed by atoms with Gasteiger partial charge in [-0.15, -0.1) is 22.7 Å². The van der Waals surface area contributed by atoms with E-state index in [1.54, 1.807) is 20.4 Å². The minimum absolute atomic E-state index is 0.208. The van der Waals surface area contributed by atoms with Crippen molar-refractivity contribution in [3.05, 3.63) is 27.3 Å². The Bertz CT molecular complexity index is 904. The number of thiazole rings is 1. The van der Waals surface area contributed by atoms with Crippen LogP contribution in [0.25, 0.3) is 10.2 Å². The van der Waals surface area contributed by atoms with Crippen LogP contribution in [0, 0.1) is 13.8 Å². The molecule has 0 saturated carbocycles. The van der Waals surface area contributed by atoms with Crippen LogP contribution in [0.5, 0.6) is 5.88 Å². The maximum absolute atomic E-state index is 12.6. The van der Waals surface area contributed by atoms with E-state index >= 15 is 0 Å². The maximum Gasteiger partial charge on any atom is 0.267 e. The van der Waals surface area contributed by atoms with E-state index in [-0.39, 0.29) is 12.5 Å². The second-order valence-electron chi connectivity index (χ2n) is 5.05. The minimum atomic E-state index is -0.208. The van der Waals surface area contributed by atoms with Crippen molar-refractivity contribution in [3.8, 4) is 5.88 Å². The molecular weight excluding hydrogens is 348 g/mol. The van der Waals surface area contributed by atoms with E-state index in [4.69, 9.17) is 9.47 Å². The van der Waals surface area contributed by atoms with Gasteiger partial charge in [0.15, 0.2) is 11.0 Å². The summed E-state index contributed by atoms with van der Waals surface area (Å²) in [5, 5.41) is 4.15. The normalized spacial score (nSPS) is 11.0. The summed E-state index contributed by atoms with van der Waals surface area (Å²) >= 11 is 2.74. The summed E-state index contributed by atoms with van der Waals surface area (Å²) in [4.78, 5) is 27.8. The lowest BCUT2D eigenvalue weighted by Gasteiger charge is -2.05. The van der Waals surface area contributed by atoms with Gasteiger partial charge >= 0.3 is 0 Å². The molecule has 0 fully saturated rings. The Balaban J connectivity index is 2.02. The summed E-state index contributed by atoms with van der Waals surface area (Å²) < 4.78 is 10.4. The first kappa shape index (κ1) is 16.7. The van der Waals surface area contributed by atoms with Crippen molar-refractivity contribution in [3.63, 3.8) is 0 Å². The number of thiophene rings is 1. The van der Waals surface area contributed by atoms with Gasteiger partial charge < -0.3 is 9.47 Å². The molecule has 7 nitrogen and oxygen atoms in total. The SMILES string of the molecule is COCc1nc(OC)c2c(C)c(C(=O)Nc3ncc(C)s3)sc2n1. The molecule has 0 aliphatic carbocycles. The highest BCUT2D eigenvalue weighted by Crippen LogP contribution is 2.35. The van der Waals surface area contributed by atoms with Crippen LogP contribution in [-0.2, 0) is 11.3 Å². The third-order valence-corrected chi connectivity index (χ3v) is 5.33. The molecule has 0 saturated heterocycles. The summed E-state index contributed by atoms with van der Waals surface area (Å²) in [6.45, 7) is 4.09. The molecule has 3 rings (SSSR count). The fourth-order valence-electron chi connectivity index (χ4n) is 2.27. The number of anilines is 1. The number of aryl methyl sites for hydroxylation is 2. The third kappa shape index (κ3) is 3.10. The molecule has 0 aliphatic rings. The molecule has 1 N–H and O–H groups in total. The van der Waals surface area contributed by atoms with Crippen molar-refractivity contribution in [2.45, 2.75) is 20.5 Å². The molecule has 9 heteroatoms.